The van der Waals surface area contributed by atoms with Crippen LogP contribution in [0.25, 0.3) is 0 Å². The summed E-state index contributed by atoms with van der Waals surface area (Å²) in [5.74, 6) is -5.72. The van der Waals surface area contributed by atoms with Gasteiger partial charge in [-0.1, -0.05) is 0 Å². The lowest BCUT2D eigenvalue weighted by molar-refractivity contribution is -0.195. The number of ether oxygens (including phenoxy) is 1. The van der Waals surface area contributed by atoms with Crippen LogP contribution < -0.4 is 9.64 Å². The first kappa shape index (κ1) is 28.7. The van der Waals surface area contributed by atoms with Crippen LogP contribution in [0.3, 0.4) is 0 Å². The third kappa shape index (κ3) is 6.30. The molecule has 4 rings (SSSR count). The number of benzene rings is 1. The van der Waals surface area contributed by atoms with Crippen LogP contribution in [-0.4, -0.2) is 65.8 Å². The molecule has 1 unspecified atom stereocenters. The largest absolute Gasteiger partial charge is 0.491 e. The van der Waals surface area contributed by atoms with E-state index >= 15 is 0 Å². The number of halogens is 4. The van der Waals surface area contributed by atoms with Crippen molar-refractivity contribution in [2.45, 2.75) is 93.0 Å². The van der Waals surface area contributed by atoms with Gasteiger partial charge in [0.25, 0.3) is 0 Å². The van der Waals surface area contributed by atoms with E-state index in [1.807, 2.05) is 29.7 Å². The van der Waals surface area contributed by atoms with Crippen molar-refractivity contribution in [3.05, 3.63) is 12.1 Å². The van der Waals surface area contributed by atoms with Gasteiger partial charge in [-0.25, -0.2) is 21.9 Å². The van der Waals surface area contributed by atoms with Gasteiger partial charge in [-0.15, -0.1) is 11.8 Å². The smallest absolute Gasteiger partial charge is 0.312 e. The minimum atomic E-state index is -2.77. The maximum atomic E-state index is 13.7. The van der Waals surface area contributed by atoms with E-state index in [0.29, 0.717) is 31.6 Å². The first-order valence-corrected chi connectivity index (χ1v) is 14.5. The number of nitrogens with zero attached hydrogens (tertiary/aromatic N) is 2. The van der Waals surface area contributed by atoms with Gasteiger partial charge in [0.05, 0.1) is 20.9 Å². The minimum absolute atomic E-state index is 0.00748. The number of rotatable bonds is 9. The maximum Gasteiger partial charge on any atom is 0.312 e. The molecule has 0 bridgehead atoms. The highest BCUT2D eigenvalue weighted by molar-refractivity contribution is 7.98. The molecule has 11 heteroatoms. The van der Waals surface area contributed by atoms with E-state index in [1.165, 1.54) is 23.7 Å². The summed E-state index contributed by atoms with van der Waals surface area (Å²) in [5, 5.41) is 9.47. The molecular weight excluding hydrogens is 528 g/mol. The Morgan fingerprint density at radius 1 is 1.24 bits per heavy atom. The Labute approximate surface area is 224 Å². The molecule has 1 aliphatic heterocycles. The summed E-state index contributed by atoms with van der Waals surface area (Å²) in [4.78, 5) is 15.5. The fourth-order valence-electron chi connectivity index (χ4n) is 5.62. The molecule has 5 nitrogen and oxygen atoms in total. The monoisotopic (exact) mass is 564 g/mol. The highest BCUT2D eigenvalue weighted by atomic mass is 32.2. The van der Waals surface area contributed by atoms with Crippen molar-refractivity contribution in [3.63, 3.8) is 0 Å². The molecule has 0 saturated heterocycles. The van der Waals surface area contributed by atoms with Crippen LogP contribution in [0, 0.1) is 10.8 Å². The van der Waals surface area contributed by atoms with Crippen molar-refractivity contribution in [1.29, 1.82) is 0 Å². The summed E-state index contributed by atoms with van der Waals surface area (Å²) < 4.78 is 62.8. The van der Waals surface area contributed by atoms with Crippen LogP contribution >= 0.6 is 23.7 Å². The van der Waals surface area contributed by atoms with Crippen LogP contribution in [0.5, 0.6) is 5.75 Å². The SMILES string of the molecule is CSc1cc2c(cc1OCC(C)(C)C(=O)O)SN(C)C(CCC(C)(F)F)CN2C1CC2(C1)CC(F)(F)C2. The molecule has 3 aliphatic rings. The Kier molecular flexibility index (Phi) is 7.75. The second-order valence-electron chi connectivity index (χ2n) is 11.8. The molecule has 2 fully saturated rings. The molecule has 0 radical (unpaired) electrons. The molecule has 1 aromatic rings. The molecule has 37 heavy (non-hydrogen) atoms. The molecule has 1 heterocycles. The molecule has 0 aromatic heterocycles. The van der Waals surface area contributed by atoms with Crippen molar-refractivity contribution in [2.24, 2.45) is 10.8 Å². The number of hydrogen-bond donors (Lipinski definition) is 1. The van der Waals surface area contributed by atoms with E-state index in [0.717, 1.165) is 22.4 Å². The van der Waals surface area contributed by atoms with Crippen molar-refractivity contribution in [3.8, 4) is 5.75 Å². The van der Waals surface area contributed by atoms with Crippen molar-refractivity contribution >= 4 is 35.4 Å². The molecule has 1 atom stereocenters. The Balaban J connectivity index is 1.62. The average molecular weight is 565 g/mol. The van der Waals surface area contributed by atoms with Gasteiger partial charge in [0.1, 0.15) is 12.4 Å². The third-order valence-corrected chi connectivity index (χ3v) is 9.72. The Morgan fingerprint density at radius 2 is 1.89 bits per heavy atom. The molecule has 2 aliphatic carbocycles. The number of aliphatic carboxylic acids is 1. The number of carboxylic acid groups (broad SMARTS) is 1. The summed E-state index contributed by atoms with van der Waals surface area (Å²) in [7, 11) is 1.89. The van der Waals surface area contributed by atoms with Crippen LogP contribution in [0.2, 0.25) is 0 Å². The van der Waals surface area contributed by atoms with Crippen LogP contribution in [-0.2, 0) is 4.79 Å². The lowest BCUT2D eigenvalue weighted by Crippen LogP contribution is -2.61. The zero-order valence-electron chi connectivity index (χ0n) is 22.0. The van der Waals surface area contributed by atoms with Crippen molar-refractivity contribution < 1.29 is 32.2 Å². The van der Waals surface area contributed by atoms with E-state index in [2.05, 4.69) is 4.90 Å². The summed E-state index contributed by atoms with van der Waals surface area (Å²) >= 11 is 2.94. The van der Waals surface area contributed by atoms with E-state index in [9.17, 15) is 27.5 Å². The van der Waals surface area contributed by atoms with Gasteiger partial charge >= 0.3 is 5.97 Å². The highest BCUT2D eigenvalue weighted by Crippen LogP contribution is 2.64. The zero-order chi connectivity index (χ0) is 27.4. The molecule has 208 valence electrons. The lowest BCUT2D eigenvalue weighted by Gasteiger charge is -2.60. The number of likely N-dealkylation sites (N-methyl/N-ethyl adjacent to an activating group) is 1. The number of thioether (sulfide) groups is 1. The maximum absolute atomic E-state index is 13.7. The third-order valence-electron chi connectivity index (χ3n) is 7.85. The summed E-state index contributed by atoms with van der Waals surface area (Å²) in [6, 6.07) is 3.83. The van der Waals surface area contributed by atoms with Gasteiger partial charge in [0.2, 0.25) is 11.8 Å². The van der Waals surface area contributed by atoms with Crippen LogP contribution in [0.15, 0.2) is 21.9 Å². The Hall–Kier alpha value is -1.33. The molecular formula is C26H36F4N2O3S2. The van der Waals surface area contributed by atoms with Gasteiger partial charge in [-0.3, -0.25) is 4.79 Å². The summed E-state index contributed by atoms with van der Waals surface area (Å²) in [6.45, 7) is 4.66. The first-order chi connectivity index (χ1) is 17.0. The fraction of sp³-hybridized carbons (Fsp3) is 0.731. The first-order valence-electron chi connectivity index (χ1n) is 12.5. The van der Waals surface area contributed by atoms with Crippen molar-refractivity contribution in [2.75, 3.05) is 31.4 Å². The molecule has 1 spiro atoms. The van der Waals surface area contributed by atoms with E-state index in [1.54, 1.807) is 13.8 Å². The topological polar surface area (TPSA) is 53.0 Å². The molecule has 2 saturated carbocycles. The van der Waals surface area contributed by atoms with Crippen molar-refractivity contribution in [1.82, 2.24) is 4.31 Å². The van der Waals surface area contributed by atoms with Gasteiger partial charge in [-0.05, 0) is 82.8 Å². The van der Waals surface area contributed by atoms with Gasteiger partial charge in [0.15, 0.2) is 0 Å². The molecule has 0 amide bonds. The number of carbonyl (C=O) groups is 1. The minimum Gasteiger partial charge on any atom is -0.491 e. The van der Waals surface area contributed by atoms with E-state index < -0.39 is 23.2 Å². The highest BCUT2D eigenvalue weighted by Gasteiger charge is 2.62. The number of anilines is 1. The number of alkyl halides is 4. The number of carboxylic acids is 1. The van der Waals surface area contributed by atoms with Gasteiger partial charge in [-0.2, -0.15) is 0 Å². The van der Waals surface area contributed by atoms with Gasteiger partial charge in [0, 0.05) is 37.9 Å². The fourth-order valence-corrected chi connectivity index (χ4v) is 7.23. The van der Waals surface area contributed by atoms with Crippen LogP contribution in [0.4, 0.5) is 23.2 Å². The Morgan fingerprint density at radius 3 is 2.43 bits per heavy atom. The predicted octanol–water partition coefficient (Wildman–Crippen LogP) is 7.04. The van der Waals surface area contributed by atoms with E-state index in [-0.39, 0.29) is 43.4 Å². The standard InChI is InChI=1S/C26H36F4N2O3S2/c1-23(2,22(33)34)15-35-19-9-20-18(8-21(19)36-5)32(17-10-25(11-17)13-26(29,30)14-25)12-16(31(4)37-20)6-7-24(3,27)28/h8-9,16-17H,6-7,10-15H2,1-5H3,(H,33,34). The lowest BCUT2D eigenvalue weighted by atomic mass is 9.52. The molecule has 1 N–H and O–H groups in total. The predicted molar refractivity (Wildman–Crippen MR) is 139 cm³/mol. The summed E-state index contributed by atoms with van der Waals surface area (Å²) in [6.07, 6.45) is 3.19. The zero-order valence-corrected chi connectivity index (χ0v) is 23.6. The average Bonchev–Trinajstić information content (AvgIpc) is 2.86. The normalized spacial score (nSPS) is 23.7. The van der Waals surface area contributed by atoms with Gasteiger partial charge < -0.3 is 14.7 Å². The number of hydrogen-bond acceptors (Lipinski definition) is 6. The second kappa shape index (κ2) is 10.0. The molecule has 1 aromatic carbocycles. The Bertz CT molecular complexity index is 1020. The second-order valence-corrected chi connectivity index (χ2v) is 13.8. The number of fused-ring (bicyclic) bond motifs is 1. The van der Waals surface area contributed by atoms with E-state index in [4.69, 9.17) is 4.74 Å². The summed E-state index contributed by atoms with van der Waals surface area (Å²) in [5.41, 5.74) is -0.429. The van der Waals surface area contributed by atoms with Crippen LogP contribution in [0.1, 0.15) is 59.3 Å². The quantitative estimate of drug-likeness (QED) is 0.196.